The second-order valence-corrected chi connectivity index (χ2v) is 6.93. The van der Waals surface area contributed by atoms with Gasteiger partial charge in [-0.1, -0.05) is 18.2 Å². The minimum atomic E-state index is -0.591. The number of nitrogens with zero attached hydrogens (tertiary/aromatic N) is 4. The number of aryl methyl sites for hydroxylation is 2. The van der Waals surface area contributed by atoms with Gasteiger partial charge >= 0.3 is 5.97 Å². The van der Waals surface area contributed by atoms with Crippen LogP contribution in [0.3, 0.4) is 0 Å². The zero-order valence-corrected chi connectivity index (χ0v) is 17.2. The topological polar surface area (TPSA) is 105 Å². The summed E-state index contributed by atoms with van der Waals surface area (Å²) >= 11 is 0. The Morgan fingerprint density at radius 3 is 2.65 bits per heavy atom. The maximum atomic E-state index is 14.8. The molecule has 0 spiro atoms. The van der Waals surface area contributed by atoms with Crippen molar-refractivity contribution in [3.05, 3.63) is 65.2 Å². The lowest BCUT2D eigenvalue weighted by Crippen LogP contribution is -2.06. The van der Waals surface area contributed by atoms with E-state index in [4.69, 9.17) is 15.2 Å². The molecule has 9 heteroatoms. The van der Waals surface area contributed by atoms with Gasteiger partial charge in [0.15, 0.2) is 11.6 Å². The van der Waals surface area contributed by atoms with Crippen LogP contribution in [-0.4, -0.2) is 32.3 Å². The lowest BCUT2D eigenvalue weighted by Gasteiger charge is -2.13. The Morgan fingerprint density at radius 1 is 1.19 bits per heavy atom. The Labute approximate surface area is 177 Å². The molecule has 0 aliphatic carbocycles. The number of para-hydroxylation sites is 1. The molecule has 0 unspecified atom stereocenters. The van der Waals surface area contributed by atoms with Crippen LogP contribution in [0.15, 0.2) is 42.7 Å². The van der Waals surface area contributed by atoms with Crippen molar-refractivity contribution >= 4 is 22.7 Å². The van der Waals surface area contributed by atoms with E-state index in [0.717, 1.165) is 11.1 Å². The van der Waals surface area contributed by atoms with Gasteiger partial charge in [0.2, 0.25) is 0 Å². The van der Waals surface area contributed by atoms with E-state index in [1.165, 1.54) is 29.2 Å². The quantitative estimate of drug-likeness (QED) is 0.483. The summed E-state index contributed by atoms with van der Waals surface area (Å²) in [5.41, 5.74) is 8.41. The van der Waals surface area contributed by atoms with Crippen molar-refractivity contribution in [1.82, 2.24) is 19.7 Å². The van der Waals surface area contributed by atoms with Gasteiger partial charge in [0, 0.05) is 17.6 Å². The van der Waals surface area contributed by atoms with E-state index in [2.05, 4.69) is 15.1 Å². The molecule has 0 bridgehead atoms. The number of carbonyl (C=O) groups is 1. The predicted octanol–water partition coefficient (Wildman–Crippen LogP) is 4.12. The standard InChI is InChI=1S/C22H20FN5O3/c1-4-30-21(29)14-10-25-28(11-14)22-26-17-9-16(23)18(8-15(17)20(24)27-22)31-19-12(2)6-5-7-13(19)3/h5-11H,4H2,1-3H3,(H2,24,26,27). The first-order chi connectivity index (χ1) is 14.9. The van der Waals surface area contributed by atoms with Crippen LogP contribution < -0.4 is 10.5 Å². The summed E-state index contributed by atoms with van der Waals surface area (Å²) in [6.45, 7) is 5.73. The molecule has 4 rings (SSSR count). The fourth-order valence-corrected chi connectivity index (χ4v) is 3.14. The zero-order valence-electron chi connectivity index (χ0n) is 17.2. The second kappa shape index (κ2) is 8.02. The average molecular weight is 421 g/mol. The number of fused-ring (bicyclic) bond motifs is 1. The van der Waals surface area contributed by atoms with E-state index in [1.54, 1.807) is 6.92 Å². The Balaban J connectivity index is 1.72. The molecule has 0 saturated heterocycles. The molecular weight excluding hydrogens is 401 g/mol. The maximum absolute atomic E-state index is 14.8. The normalized spacial score (nSPS) is 11.0. The third-order valence-corrected chi connectivity index (χ3v) is 4.69. The summed E-state index contributed by atoms with van der Waals surface area (Å²) in [4.78, 5) is 20.4. The van der Waals surface area contributed by atoms with Crippen LogP contribution in [0.2, 0.25) is 0 Å². The van der Waals surface area contributed by atoms with Gasteiger partial charge in [0.1, 0.15) is 11.6 Å². The number of nitrogens with two attached hydrogens (primary N) is 1. The van der Waals surface area contributed by atoms with Gasteiger partial charge in [-0.15, -0.1) is 0 Å². The molecule has 158 valence electrons. The fourth-order valence-electron chi connectivity index (χ4n) is 3.14. The van der Waals surface area contributed by atoms with Crippen molar-refractivity contribution in [2.75, 3.05) is 12.3 Å². The lowest BCUT2D eigenvalue weighted by molar-refractivity contribution is 0.0526. The van der Waals surface area contributed by atoms with Crippen LogP contribution in [0.25, 0.3) is 16.9 Å². The summed E-state index contributed by atoms with van der Waals surface area (Å²) in [5, 5.41) is 4.50. The maximum Gasteiger partial charge on any atom is 0.341 e. The molecule has 31 heavy (non-hydrogen) atoms. The Hall–Kier alpha value is -4.01. The molecule has 0 radical (unpaired) electrons. The van der Waals surface area contributed by atoms with Crippen LogP contribution in [0.1, 0.15) is 28.4 Å². The smallest absolute Gasteiger partial charge is 0.341 e. The first-order valence-electron chi connectivity index (χ1n) is 9.60. The number of rotatable bonds is 5. The number of hydrogen-bond acceptors (Lipinski definition) is 7. The van der Waals surface area contributed by atoms with E-state index in [1.807, 2.05) is 32.0 Å². The number of ether oxygens (including phenoxy) is 2. The van der Waals surface area contributed by atoms with Crippen LogP contribution in [0, 0.1) is 19.7 Å². The van der Waals surface area contributed by atoms with Crippen LogP contribution in [0.5, 0.6) is 11.5 Å². The fraction of sp³-hybridized carbons (Fsp3) is 0.182. The minimum absolute atomic E-state index is 0.0247. The average Bonchev–Trinajstić information content (AvgIpc) is 3.22. The molecule has 2 N–H and O–H groups in total. The number of anilines is 1. The summed E-state index contributed by atoms with van der Waals surface area (Å²) in [6.07, 6.45) is 2.76. The number of nitrogen functional groups attached to an aromatic ring is 1. The number of carbonyl (C=O) groups excluding carboxylic acids is 1. The molecular formula is C22H20FN5O3. The highest BCUT2D eigenvalue weighted by Crippen LogP contribution is 2.33. The molecule has 8 nitrogen and oxygen atoms in total. The molecule has 0 aliphatic rings. The van der Waals surface area contributed by atoms with Gasteiger partial charge < -0.3 is 15.2 Å². The SMILES string of the molecule is CCOC(=O)c1cnn(-c2nc(N)c3cc(Oc4c(C)cccc4C)c(F)cc3n2)c1. The first kappa shape index (κ1) is 20.3. The number of aromatic nitrogens is 4. The van der Waals surface area contributed by atoms with E-state index in [0.29, 0.717) is 11.1 Å². The van der Waals surface area contributed by atoms with Crippen molar-refractivity contribution in [3.63, 3.8) is 0 Å². The van der Waals surface area contributed by atoms with Gasteiger partial charge in [0.25, 0.3) is 5.95 Å². The van der Waals surface area contributed by atoms with E-state index in [-0.39, 0.29) is 35.2 Å². The number of benzene rings is 2. The summed E-state index contributed by atoms with van der Waals surface area (Å²) in [7, 11) is 0. The Bertz CT molecular complexity index is 1280. The number of hydrogen-bond donors (Lipinski definition) is 1. The van der Waals surface area contributed by atoms with Gasteiger partial charge in [-0.05, 0) is 38.0 Å². The van der Waals surface area contributed by atoms with Crippen LogP contribution in [-0.2, 0) is 4.74 Å². The largest absolute Gasteiger partial charge is 0.462 e. The van der Waals surface area contributed by atoms with Crippen LogP contribution in [0.4, 0.5) is 10.2 Å². The monoisotopic (exact) mass is 421 g/mol. The molecule has 0 saturated carbocycles. The van der Waals surface area contributed by atoms with Crippen molar-refractivity contribution in [1.29, 1.82) is 0 Å². The van der Waals surface area contributed by atoms with Crippen LogP contribution >= 0.6 is 0 Å². The summed E-state index contributed by atoms with van der Waals surface area (Å²) in [5.74, 6) is -0.270. The molecule has 0 aliphatic heterocycles. The van der Waals surface area contributed by atoms with E-state index >= 15 is 0 Å². The van der Waals surface area contributed by atoms with Gasteiger partial charge in [-0.3, -0.25) is 0 Å². The molecule has 0 fully saturated rings. The summed E-state index contributed by atoms with van der Waals surface area (Å²) < 4.78 is 26.9. The predicted molar refractivity (Wildman–Crippen MR) is 113 cm³/mol. The first-order valence-corrected chi connectivity index (χ1v) is 9.60. The highest BCUT2D eigenvalue weighted by atomic mass is 19.1. The number of esters is 1. The van der Waals surface area contributed by atoms with Gasteiger partial charge in [-0.2, -0.15) is 10.1 Å². The van der Waals surface area contributed by atoms with Crippen molar-refractivity contribution in [2.24, 2.45) is 0 Å². The van der Waals surface area contributed by atoms with E-state index < -0.39 is 11.8 Å². The third kappa shape index (κ3) is 3.89. The zero-order chi connectivity index (χ0) is 22.1. The van der Waals surface area contributed by atoms with Crippen molar-refractivity contribution in [2.45, 2.75) is 20.8 Å². The van der Waals surface area contributed by atoms with Gasteiger partial charge in [-0.25, -0.2) is 18.9 Å². The Morgan fingerprint density at radius 2 is 1.94 bits per heavy atom. The molecule has 0 amide bonds. The van der Waals surface area contributed by atoms with E-state index in [9.17, 15) is 9.18 Å². The molecule has 0 atom stereocenters. The number of halogens is 1. The lowest BCUT2D eigenvalue weighted by atomic mass is 10.1. The molecule has 4 aromatic rings. The summed E-state index contributed by atoms with van der Waals surface area (Å²) in [6, 6.07) is 8.39. The Kier molecular flexibility index (Phi) is 5.24. The van der Waals surface area contributed by atoms with Crippen molar-refractivity contribution < 1.29 is 18.7 Å². The minimum Gasteiger partial charge on any atom is -0.462 e. The van der Waals surface area contributed by atoms with Gasteiger partial charge in [0.05, 0.1) is 23.9 Å². The second-order valence-electron chi connectivity index (χ2n) is 6.93. The molecule has 2 heterocycles. The highest BCUT2D eigenvalue weighted by molar-refractivity contribution is 5.90. The molecule has 2 aromatic heterocycles. The third-order valence-electron chi connectivity index (χ3n) is 4.69. The van der Waals surface area contributed by atoms with Crippen molar-refractivity contribution in [3.8, 4) is 17.4 Å². The highest BCUT2D eigenvalue weighted by Gasteiger charge is 2.16. The molecule has 2 aromatic carbocycles.